The van der Waals surface area contributed by atoms with Crippen LogP contribution in [0.25, 0.3) is 0 Å². The molecule has 0 aromatic rings. The Labute approximate surface area is 61.5 Å². The van der Waals surface area contributed by atoms with E-state index in [1.54, 1.807) is 6.92 Å². The number of carbonyl (C=O) groups excluding carboxylic acids is 1. The third-order valence-corrected chi connectivity index (χ3v) is 1.26. The van der Waals surface area contributed by atoms with Crippen LogP contribution >= 0.6 is 0 Å². The van der Waals surface area contributed by atoms with Gasteiger partial charge in [0.05, 0.1) is 6.10 Å². The molecule has 0 spiro atoms. The van der Waals surface area contributed by atoms with Gasteiger partial charge in [-0.3, -0.25) is 4.79 Å². The Bertz CT molecular complexity index is 112. The van der Waals surface area contributed by atoms with E-state index in [1.165, 1.54) is 0 Å². The van der Waals surface area contributed by atoms with E-state index in [-0.39, 0.29) is 12.1 Å². The molecule has 60 valence electrons. The van der Waals surface area contributed by atoms with Crippen LogP contribution in [-0.2, 0) is 9.53 Å². The van der Waals surface area contributed by atoms with E-state index in [1.807, 2.05) is 13.8 Å². The molecule has 0 aliphatic carbocycles. The molecule has 0 unspecified atom stereocenters. The van der Waals surface area contributed by atoms with Crippen LogP contribution in [0.3, 0.4) is 0 Å². The summed E-state index contributed by atoms with van der Waals surface area (Å²) in [5.41, 5.74) is 5.26. The van der Waals surface area contributed by atoms with Gasteiger partial charge in [0.1, 0.15) is 6.04 Å². The standard InChI is InChI=1S/C7H15NO2/c1-4-5(2)10-7(9)6(3)8/h5-6H,4,8H2,1-3H3/t5-,6-/m1/s1. The summed E-state index contributed by atoms with van der Waals surface area (Å²) in [4.78, 5) is 10.8. The Hall–Kier alpha value is -0.570. The van der Waals surface area contributed by atoms with Crippen molar-refractivity contribution >= 4 is 5.97 Å². The van der Waals surface area contributed by atoms with Crippen molar-refractivity contribution in [2.45, 2.75) is 39.3 Å². The monoisotopic (exact) mass is 145 g/mol. The minimum absolute atomic E-state index is 0.0153. The van der Waals surface area contributed by atoms with Crippen molar-refractivity contribution in [1.29, 1.82) is 0 Å². The van der Waals surface area contributed by atoms with Crippen LogP contribution in [0.5, 0.6) is 0 Å². The number of rotatable bonds is 3. The summed E-state index contributed by atoms with van der Waals surface area (Å²) < 4.78 is 4.90. The van der Waals surface area contributed by atoms with E-state index in [0.29, 0.717) is 0 Å². The second-order valence-electron chi connectivity index (χ2n) is 2.44. The number of carbonyl (C=O) groups is 1. The second kappa shape index (κ2) is 4.28. The predicted octanol–water partition coefficient (Wildman–Crippen LogP) is 0.675. The molecule has 0 aliphatic heterocycles. The van der Waals surface area contributed by atoms with Gasteiger partial charge in [-0.15, -0.1) is 0 Å². The fourth-order valence-electron chi connectivity index (χ4n) is 0.389. The Morgan fingerprint density at radius 3 is 2.40 bits per heavy atom. The van der Waals surface area contributed by atoms with Crippen LogP contribution in [0.15, 0.2) is 0 Å². The largest absolute Gasteiger partial charge is 0.462 e. The number of hydrogen-bond acceptors (Lipinski definition) is 3. The Morgan fingerprint density at radius 1 is 1.60 bits per heavy atom. The van der Waals surface area contributed by atoms with Crippen molar-refractivity contribution in [3.05, 3.63) is 0 Å². The first-order valence-electron chi connectivity index (χ1n) is 3.54. The van der Waals surface area contributed by atoms with Crippen molar-refractivity contribution in [2.24, 2.45) is 5.73 Å². The third-order valence-electron chi connectivity index (χ3n) is 1.26. The SMILES string of the molecule is CC[C@@H](C)OC(=O)[C@@H](C)N. The van der Waals surface area contributed by atoms with E-state index in [2.05, 4.69) is 0 Å². The van der Waals surface area contributed by atoms with Crippen molar-refractivity contribution in [1.82, 2.24) is 0 Å². The number of hydrogen-bond donors (Lipinski definition) is 1. The molecular formula is C7H15NO2. The summed E-state index contributed by atoms with van der Waals surface area (Å²) in [6.45, 7) is 5.42. The molecule has 3 heteroatoms. The van der Waals surface area contributed by atoms with Crippen LogP contribution in [0, 0.1) is 0 Å². The normalized spacial score (nSPS) is 16.0. The lowest BCUT2D eigenvalue weighted by atomic mass is 10.3. The van der Waals surface area contributed by atoms with E-state index < -0.39 is 6.04 Å². The van der Waals surface area contributed by atoms with Crippen molar-refractivity contribution in [3.63, 3.8) is 0 Å². The lowest BCUT2D eigenvalue weighted by Crippen LogP contribution is -2.31. The van der Waals surface area contributed by atoms with E-state index in [0.717, 1.165) is 6.42 Å². The molecule has 0 rings (SSSR count). The summed E-state index contributed by atoms with van der Waals surface area (Å²) in [5, 5.41) is 0. The first-order valence-corrected chi connectivity index (χ1v) is 3.54. The maximum Gasteiger partial charge on any atom is 0.322 e. The van der Waals surface area contributed by atoms with Crippen LogP contribution in [0.2, 0.25) is 0 Å². The molecule has 3 nitrogen and oxygen atoms in total. The first kappa shape index (κ1) is 9.43. The third kappa shape index (κ3) is 3.45. The molecule has 2 atom stereocenters. The molecule has 0 aromatic heterocycles. The van der Waals surface area contributed by atoms with Gasteiger partial charge in [0.2, 0.25) is 0 Å². The minimum atomic E-state index is -0.506. The van der Waals surface area contributed by atoms with Crippen LogP contribution in [0.4, 0.5) is 0 Å². The van der Waals surface area contributed by atoms with Gasteiger partial charge in [-0.2, -0.15) is 0 Å². The predicted molar refractivity (Wildman–Crippen MR) is 39.5 cm³/mol. The molecule has 10 heavy (non-hydrogen) atoms. The lowest BCUT2D eigenvalue weighted by molar-refractivity contribution is -0.149. The quantitative estimate of drug-likeness (QED) is 0.594. The molecular weight excluding hydrogens is 130 g/mol. The fraction of sp³-hybridized carbons (Fsp3) is 0.857. The van der Waals surface area contributed by atoms with E-state index in [4.69, 9.17) is 10.5 Å². The molecule has 0 amide bonds. The van der Waals surface area contributed by atoms with Crippen molar-refractivity contribution < 1.29 is 9.53 Å². The molecule has 0 saturated heterocycles. The zero-order valence-corrected chi connectivity index (χ0v) is 6.76. The lowest BCUT2D eigenvalue weighted by Gasteiger charge is -2.11. The van der Waals surface area contributed by atoms with Gasteiger partial charge in [-0.25, -0.2) is 0 Å². The highest BCUT2D eigenvalue weighted by Crippen LogP contribution is 1.97. The Morgan fingerprint density at radius 2 is 2.10 bits per heavy atom. The Balaban J connectivity index is 3.57. The molecule has 0 heterocycles. The smallest absolute Gasteiger partial charge is 0.322 e. The molecule has 0 saturated carbocycles. The minimum Gasteiger partial charge on any atom is -0.462 e. The highest BCUT2D eigenvalue weighted by atomic mass is 16.5. The maximum atomic E-state index is 10.8. The van der Waals surface area contributed by atoms with Crippen molar-refractivity contribution in [3.8, 4) is 0 Å². The number of esters is 1. The molecule has 0 bridgehead atoms. The van der Waals surface area contributed by atoms with Crippen LogP contribution in [-0.4, -0.2) is 18.1 Å². The summed E-state index contributed by atoms with van der Waals surface area (Å²) in [6.07, 6.45) is 0.817. The first-order chi connectivity index (χ1) is 4.57. The number of ether oxygens (including phenoxy) is 1. The Kier molecular flexibility index (Phi) is 4.03. The zero-order valence-electron chi connectivity index (χ0n) is 6.76. The van der Waals surface area contributed by atoms with Crippen molar-refractivity contribution in [2.75, 3.05) is 0 Å². The zero-order chi connectivity index (χ0) is 8.15. The summed E-state index contributed by atoms with van der Waals surface area (Å²) in [6, 6.07) is -0.506. The van der Waals surface area contributed by atoms with Gasteiger partial charge in [-0.1, -0.05) is 6.92 Å². The maximum absolute atomic E-state index is 10.8. The average molecular weight is 145 g/mol. The molecule has 0 fully saturated rings. The molecule has 0 radical (unpaired) electrons. The van der Waals surface area contributed by atoms with Gasteiger partial charge in [-0.05, 0) is 20.3 Å². The fourth-order valence-corrected chi connectivity index (χ4v) is 0.389. The summed E-state index contributed by atoms with van der Waals surface area (Å²) >= 11 is 0. The van der Waals surface area contributed by atoms with Gasteiger partial charge in [0, 0.05) is 0 Å². The van der Waals surface area contributed by atoms with Gasteiger partial charge < -0.3 is 10.5 Å². The van der Waals surface area contributed by atoms with E-state index in [9.17, 15) is 4.79 Å². The topological polar surface area (TPSA) is 52.3 Å². The second-order valence-corrected chi connectivity index (χ2v) is 2.44. The van der Waals surface area contributed by atoms with Gasteiger partial charge in [0.15, 0.2) is 0 Å². The molecule has 2 N–H and O–H groups in total. The van der Waals surface area contributed by atoms with Gasteiger partial charge >= 0.3 is 5.97 Å². The van der Waals surface area contributed by atoms with E-state index >= 15 is 0 Å². The highest BCUT2D eigenvalue weighted by molar-refractivity contribution is 5.75. The number of nitrogens with two attached hydrogens (primary N) is 1. The summed E-state index contributed by atoms with van der Waals surface area (Å²) in [7, 11) is 0. The molecule has 0 aliphatic rings. The highest BCUT2D eigenvalue weighted by Gasteiger charge is 2.11. The molecule has 0 aromatic carbocycles. The van der Waals surface area contributed by atoms with Crippen LogP contribution in [0.1, 0.15) is 27.2 Å². The summed E-state index contributed by atoms with van der Waals surface area (Å²) in [5.74, 6) is -0.325. The van der Waals surface area contributed by atoms with Crippen LogP contribution < -0.4 is 5.73 Å². The average Bonchev–Trinajstić information content (AvgIpc) is 1.87. The van der Waals surface area contributed by atoms with Gasteiger partial charge in [0.25, 0.3) is 0 Å².